The molecule has 18 heavy (non-hydrogen) atoms. The maximum absolute atomic E-state index is 11.6. The molecule has 0 aliphatic heterocycles. The zero-order chi connectivity index (χ0) is 14.6. The highest BCUT2D eigenvalue weighted by molar-refractivity contribution is 5.84. The Bertz CT molecular complexity index is 271. The summed E-state index contributed by atoms with van der Waals surface area (Å²) in [7, 11) is 2.09. The van der Waals surface area contributed by atoms with Gasteiger partial charge in [-0.1, -0.05) is 20.8 Å². The number of carbonyl (C=O) groups excluding carboxylic acids is 1. The summed E-state index contributed by atoms with van der Waals surface area (Å²) in [6.07, 6.45) is 0.729. The average Bonchev–Trinajstić information content (AvgIpc) is 2.10. The van der Waals surface area contributed by atoms with Crippen LogP contribution in [0.3, 0.4) is 0 Å². The monoisotopic (exact) mass is 257 g/mol. The second-order valence-corrected chi connectivity index (χ2v) is 7.04. The highest BCUT2D eigenvalue weighted by Gasteiger charge is 2.31. The number of amides is 1. The minimum absolute atomic E-state index is 0.246. The number of hydrogen-bond acceptors (Lipinski definition) is 3. The Morgan fingerprint density at radius 1 is 1.28 bits per heavy atom. The molecule has 1 unspecified atom stereocenters. The van der Waals surface area contributed by atoms with E-state index in [0.717, 1.165) is 19.5 Å². The van der Waals surface area contributed by atoms with Crippen molar-refractivity contribution < 1.29 is 4.79 Å². The predicted octanol–water partition coefficient (Wildman–Crippen LogP) is 1.60. The lowest BCUT2D eigenvalue weighted by Crippen LogP contribution is -2.56. The molecule has 3 N–H and O–H groups in total. The van der Waals surface area contributed by atoms with Gasteiger partial charge in [0.2, 0.25) is 5.91 Å². The normalized spacial score (nSPS) is 16.1. The second-order valence-electron chi connectivity index (χ2n) is 7.04. The third-order valence-corrected chi connectivity index (χ3v) is 2.89. The minimum Gasteiger partial charge on any atom is -0.368 e. The van der Waals surface area contributed by atoms with E-state index in [9.17, 15) is 4.79 Å². The van der Waals surface area contributed by atoms with Crippen molar-refractivity contribution in [1.82, 2.24) is 10.2 Å². The number of nitrogens with one attached hydrogen (secondary N) is 1. The molecule has 4 heteroatoms. The number of rotatable bonds is 7. The van der Waals surface area contributed by atoms with Gasteiger partial charge in [-0.15, -0.1) is 0 Å². The van der Waals surface area contributed by atoms with Gasteiger partial charge >= 0.3 is 0 Å². The van der Waals surface area contributed by atoms with Gasteiger partial charge in [0.1, 0.15) is 0 Å². The molecule has 1 atom stereocenters. The Balaban J connectivity index is 4.41. The molecule has 4 nitrogen and oxygen atoms in total. The van der Waals surface area contributed by atoms with Crippen molar-refractivity contribution in [2.24, 2.45) is 11.1 Å². The standard InChI is InChI=1S/C14H31N3O/c1-11(2)16-14(6,12(15)18)8-9-17(7)10-13(3,4)5/h11,16H,8-10H2,1-7H3,(H2,15,18). The number of hydrogen-bond donors (Lipinski definition) is 2. The lowest BCUT2D eigenvalue weighted by molar-refractivity contribution is -0.124. The molecule has 0 aliphatic rings. The highest BCUT2D eigenvalue weighted by atomic mass is 16.1. The van der Waals surface area contributed by atoms with Crippen LogP contribution in [0, 0.1) is 5.41 Å². The van der Waals surface area contributed by atoms with Crippen LogP contribution in [0.5, 0.6) is 0 Å². The van der Waals surface area contributed by atoms with Gasteiger partial charge in [0.05, 0.1) is 5.54 Å². The van der Waals surface area contributed by atoms with Crippen LogP contribution in [0.2, 0.25) is 0 Å². The lowest BCUT2D eigenvalue weighted by Gasteiger charge is -2.33. The molecule has 0 aliphatic carbocycles. The SMILES string of the molecule is CC(C)NC(C)(CCN(C)CC(C)(C)C)C(N)=O. The Labute approximate surface area is 112 Å². The van der Waals surface area contributed by atoms with E-state index in [-0.39, 0.29) is 17.4 Å². The molecule has 0 aromatic rings. The third kappa shape index (κ3) is 6.97. The molecule has 0 fully saturated rings. The van der Waals surface area contributed by atoms with Gasteiger partial charge in [-0.05, 0) is 39.7 Å². The van der Waals surface area contributed by atoms with E-state index in [1.165, 1.54) is 0 Å². The first-order chi connectivity index (χ1) is 7.96. The van der Waals surface area contributed by atoms with Crippen LogP contribution in [0.25, 0.3) is 0 Å². The highest BCUT2D eigenvalue weighted by Crippen LogP contribution is 2.16. The fourth-order valence-electron chi connectivity index (χ4n) is 2.21. The van der Waals surface area contributed by atoms with Crippen LogP contribution >= 0.6 is 0 Å². The van der Waals surface area contributed by atoms with Crippen molar-refractivity contribution in [3.63, 3.8) is 0 Å². The maximum Gasteiger partial charge on any atom is 0.237 e. The van der Waals surface area contributed by atoms with Crippen molar-refractivity contribution in [3.8, 4) is 0 Å². The van der Waals surface area contributed by atoms with Gasteiger partial charge in [-0.3, -0.25) is 4.79 Å². The minimum atomic E-state index is -0.625. The van der Waals surface area contributed by atoms with Crippen molar-refractivity contribution in [1.29, 1.82) is 0 Å². The first-order valence-electron chi connectivity index (χ1n) is 6.72. The molecule has 0 saturated carbocycles. The van der Waals surface area contributed by atoms with E-state index in [2.05, 4.69) is 38.0 Å². The summed E-state index contributed by atoms with van der Waals surface area (Å²) >= 11 is 0. The van der Waals surface area contributed by atoms with Crippen LogP contribution < -0.4 is 11.1 Å². The Morgan fingerprint density at radius 2 is 1.78 bits per heavy atom. The van der Waals surface area contributed by atoms with Crippen LogP contribution in [0.1, 0.15) is 48.0 Å². The molecular weight excluding hydrogens is 226 g/mol. The van der Waals surface area contributed by atoms with E-state index in [1.807, 2.05) is 20.8 Å². The first-order valence-corrected chi connectivity index (χ1v) is 6.72. The summed E-state index contributed by atoms with van der Waals surface area (Å²) < 4.78 is 0. The van der Waals surface area contributed by atoms with E-state index in [1.54, 1.807) is 0 Å². The Hall–Kier alpha value is -0.610. The van der Waals surface area contributed by atoms with Crippen molar-refractivity contribution in [2.75, 3.05) is 20.1 Å². The Kier molecular flexibility index (Phi) is 6.30. The first kappa shape index (κ1) is 17.4. The fourth-order valence-corrected chi connectivity index (χ4v) is 2.21. The molecule has 0 aromatic heterocycles. The van der Waals surface area contributed by atoms with Gasteiger partial charge in [-0.25, -0.2) is 0 Å². The van der Waals surface area contributed by atoms with E-state index < -0.39 is 5.54 Å². The predicted molar refractivity (Wildman–Crippen MR) is 77.4 cm³/mol. The van der Waals surface area contributed by atoms with Gasteiger partial charge < -0.3 is 16.0 Å². The molecule has 108 valence electrons. The Morgan fingerprint density at radius 3 is 2.11 bits per heavy atom. The van der Waals surface area contributed by atoms with E-state index >= 15 is 0 Å². The summed E-state index contributed by atoms with van der Waals surface area (Å²) in [5, 5.41) is 3.27. The number of primary amides is 1. The van der Waals surface area contributed by atoms with E-state index in [4.69, 9.17) is 5.73 Å². The van der Waals surface area contributed by atoms with Crippen LogP contribution in [-0.4, -0.2) is 42.5 Å². The molecule has 0 saturated heterocycles. The zero-order valence-electron chi connectivity index (χ0n) is 13.1. The topological polar surface area (TPSA) is 58.4 Å². The van der Waals surface area contributed by atoms with Gasteiger partial charge in [0.15, 0.2) is 0 Å². The molecule has 0 rings (SSSR count). The number of nitrogens with two attached hydrogens (primary N) is 1. The molecule has 0 aromatic carbocycles. The van der Waals surface area contributed by atoms with Gasteiger partial charge in [0.25, 0.3) is 0 Å². The largest absolute Gasteiger partial charge is 0.368 e. The third-order valence-electron chi connectivity index (χ3n) is 2.89. The smallest absolute Gasteiger partial charge is 0.237 e. The number of nitrogens with zero attached hydrogens (tertiary/aromatic N) is 1. The summed E-state index contributed by atoms with van der Waals surface area (Å²) in [5.41, 5.74) is 5.16. The molecular formula is C14H31N3O. The van der Waals surface area contributed by atoms with Gasteiger partial charge in [0, 0.05) is 19.1 Å². The molecule has 0 heterocycles. The van der Waals surface area contributed by atoms with Crippen molar-refractivity contribution in [3.05, 3.63) is 0 Å². The summed E-state index contributed by atoms with van der Waals surface area (Å²) in [6, 6.07) is 0.246. The van der Waals surface area contributed by atoms with Crippen molar-refractivity contribution >= 4 is 5.91 Å². The molecule has 0 bridgehead atoms. The summed E-state index contributed by atoms with van der Waals surface area (Å²) in [5.74, 6) is -0.277. The quantitative estimate of drug-likeness (QED) is 0.728. The molecule has 0 radical (unpaired) electrons. The molecule has 0 spiro atoms. The van der Waals surface area contributed by atoms with Crippen molar-refractivity contribution in [2.45, 2.75) is 59.5 Å². The lowest BCUT2D eigenvalue weighted by atomic mass is 9.93. The van der Waals surface area contributed by atoms with Crippen LogP contribution in [0.4, 0.5) is 0 Å². The maximum atomic E-state index is 11.6. The average molecular weight is 257 g/mol. The second kappa shape index (κ2) is 6.53. The van der Waals surface area contributed by atoms with Crippen LogP contribution in [-0.2, 0) is 4.79 Å². The molecule has 1 amide bonds. The summed E-state index contributed by atoms with van der Waals surface area (Å²) in [4.78, 5) is 13.8. The summed E-state index contributed by atoms with van der Waals surface area (Å²) in [6.45, 7) is 14.4. The zero-order valence-corrected chi connectivity index (χ0v) is 13.1. The van der Waals surface area contributed by atoms with Crippen LogP contribution in [0.15, 0.2) is 0 Å². The number of carbonyl (C=O) groups is 1. The fraction of sp³-hybridized carbons (Fsp3) is 0.929. The van der Waals surface area contributed by atoms with E-state index in [0.29, 0.717) is 0 Å². The van der Waals surface area contributed by atoms with Gasteiger partial charge in [-0.2, -0.15) is 0 Å².